The predicted molar refractivity (Wildman–Crippen MR) is 38.0 cm³/mol. The van der Waals surface area contributed by atoms with Crippen molar-refractivity contribution < 1.29 is 41.6 Å². The van der Waals surface area contributed by atoms with Crippen molar-refractivity contribution in [3.63, 3.8) is 0 Å². The van der Waals surface area contributed by atoms with Crippen LogP contribution in [0.1, 0.15) is 0 Å². The van der Waals surface area contributed by atoms with Crippen molar-refractivity contribution in [3.8, 4) is 5.75 Å². The summed E-state index contributed by atoms with van der Waals surface area (Å²) in [5.41, 5.74) is -0.129. The third-order valence-electron chi connectivity index (χ3n) is 1.28. The molecule has 0 amide bonds. The molecule has 12 heavy (non-hydrogen) atoms. The molecule has 0 saturated carbocycles. The topological polar surface area (TPSA) is 94.9 Å². The Balaban J connectivity index is 0.00000121. The second kappa shape index (κ2) is 4.37. The molecule has 1 aromatic rings. The Hall–Kier alpha value is -0.685. The molecule has 0 spiro atoms. The van der Waals surface area contributed by atoms with Gasteiger partial charge in [0.05, 0.1) is 0 Å². The van der Waals surface area contributed by atoms with E-state index in [2.05, 4.69) is 0 Å². The molecule has 0 fully saturated rings. The minimum absolute atomic E-state index is 0. The molecular weight excluding hydrogens is 351 g/mol. The van der Waals surface area contributed by atoms with E-state index in [9.17, 15) is 10.1 Å². The third kappa shape index (κ3) is 2.15. The van der Waals surface area contributed by atoms with Crippen LogP contribution in [0.25, 0.3) is 0 Å². The molecule has 0 bridgehead atoms. The van der Waals surface area contributed by atoms with E-state index < -0.39 is 4.92 Å². The quantitative estimate of drug-likeness (QED) is 0.423. The first-order valence-electron chi connectivity index (χ1n) is 2.91. The Morgan fingerprint density at radius 3 is 2.42 bits per heavy atom. The summed E-state index contributed by atoms with van der Waals surface area (Å²) >= 11 is 0.166. The first-order valence-corrected chi connectivity index (χ1v) is 5.66. The van der Waals surface area contributed by atoms with Crippen LogP contribution in [0.5, 0.6) is 5.75 Å². The summed E-state index contributed by atoms with van der Waals surface area (Å²) in [4.78, 5) is 9.78. The Morgan fingerprint density at radius 2 is 2.08 bits per heavy atom. The monoisotopic (exact) mass is 358 g/mol. The molecule has 0 radical (unpaired) electrons. The van der Waals surface area contributed by atoms with Gasteiger partial charge in [-0.1, -0.05) is 0 Å². The number of rotatable bonds is 1. The van der Waals surface area contributed by atoms with Crippen LogP contribution in [0.4, 0.5) is 5.69 Å². The Labute approximate surface area is 84.4 Å². The van der Waals surface area contributed by atoms with E-state index in [1.165, 1.54) is 6.07 Å². The Kier molecular flexibility index (Phi) is 4.12. The van der Waals surface area contributed by atoms with E-state index >= 15 is 0 Å². The minimum atomic E-state index is -0.544. The number of hydrogen-bond acceptors (Lipinski definition) is 3. The van der Waals surface area contributed by atoms with Gasteiger partial charge in [0, 0.05) is 0 Å². The molecule has 61 valence electrons. The Bertz CT molecular complexity index is 281. The maximum atomic E-state index is 10.3. The van der Waals surface area contributed by atoms with E-state index in [0.717, 1.165) is 0 Å². The number of phenols is 1. The van der Waals surface area contributed by atoms with Gasteiger partial charge in [0.1, 0.15) is 0 Å². The third-order valence-corrected chi connectivity index (χ3v) is 3.50. The SMILES string of the molecule is O.O=[N+]([O-])c1c(O)ccc[c]1[Hg]. The maximum absolute atomic E-state index is 10.3. The summed E-state index contributed by atoms with van der Waals surface area (Å²) in [5.74, 6) is -0.234. The van der Waals surface area contributed by atoms with Crippen molar-refractivity contribution in [3.05, 3.63) is 28.3 Å². The van der Waals surface area contributed by atoms with Crippen molar-refractivity contribution in [2.24, 2.45) is 0 Å². The van der Waals surface area contributed by atoms with Gasteiger partial charge in [0.15, 0.2) is 0 Å². The van der Waals surface area contributed by atoms with Gasteiger partial charge in [-0.2, -0.15) is 0 Å². The van der Waals surface area contributed by atoms with Crippen LogP contribution in [0.2, 0.25) is 0 Å². The van der Waals surface area contributed by atoms with Crippen LogP contribution in [0.3, 0.4) is 0 Å². The number of nitro benzene ring substituents is 1. The van der Waals surface area contributed by atoms with Gasteiger partial charge in [-0.15, -0.1) is 0 Å². The summed E-state index contributed by atoms with van der Waals surface area (Å²) in [6, 6.07) is 4.61. The van der Waals surface area contributed by atoms with Gasteiger partial charge in [-0.3, -0.25) is 0 Å². The summed E-state index contributed by atoms with van der Waals surface area (Å²) in [7, 11) is 0. The van der Waals surface area contributed by atoms with E-state index in [-0.39, 0.29) is 43.0 Å². The molecule has 0 unspecified atom stereocenters. The standard InChI is InChI=1S/C6H4NO3.Hg.H2O/c8-6-4-2-1-3-5(6)7(9)10;;/h1-2,4,8H;;1H2. The zero-order valence-corrected chi connectivity index (χ0v) is 11.6. The summed E-state index contributed by atoms with van der Waals surface area (Å²) in [5, 5.41) is 19.4. The van der Waals surface area contributed by atoms with Crippen LogP contribution < -0.4 is 3.07 Å². The zero-order chi connectivity index (χ0) is 8.43. The molecule has 1 rings (SSSR count). The van der Waals surface area contributed by atoms with Gasteiger partial charge >= 0.3 is 79.0 Å². The number of aromatic hydroxyl groups is 1. The molecule has 0 aliphatic rings. The number of phenolic OH excluding ortho intramolecular Hbond substituents is 1. The molecule has 1 aromatic carbocycles. The molecule has 0 heterocycles. The number of hydrogen-bond donors (Lipinski definition) is 1. The first-order chi connectivity index (χ1) is 5.13. The molecule has 0 saturated heterocycles. The fraction of sp³-hybridized carbons (Fsp3) is 0. The van der Waals surface area contributed by atoms with Gasteiger partial charge in [0.2, 0.25) is 0 Å². The second-order valence-corrected chi connectivity index (χ2v) is 5.00. The molecule has 0 aliphatic carbocycles. The van der Waals surface area contributed by atoms with Gasteiger partial charge < -0.3 is 5.48 Å². The van der Waals surface area contributed by atoms with Crippen LogP contribution in [0, 0.1) is 10.1 Å². The van der Waals surface area contributed by atoms with Crippen molar-refractivity contribution >= 4 is 8.76 Å². The molecule has 5 nitrogen and oxygen atoms in total. The van der Waals surface area contributed by atoms with Gasteiger partial charge in [-0.05, 0) is 0 Å². The van der Waals surface area contributed by atoms with Crippen molar-refractivity contribution in [2.45, 2.75) is 0 Å². The number of nitro groups is 1. The van der Waals surface area contributed by atoms with Gasteiger partial charge in [0.25, 0.3) is 0 Å². The van der Waals surface area contributed by atoms with Gasteiger partial charge in [-0.25, -0.2) is 0 Å². The molecular formula is C6H6HgNO4. The van der Waals surface area contributed by atoms with E-state index in [0.29, 0.717) is 3.07 Å². The van der Waals surface area contributed by atoms with Crippen LogP contribution in [-0.4, -0.2) is 15.5 Å². The number of para-hydroxylation sites is 1. The van der Waals surface area contributed by atoms with E-state index in [1.54, 1.807) is 12.1 Å². The van der Waals surface area contributed by atoms with Crippen molar-refractivity contribution in [2.75, 3.05) is 0 Å². The van der Waals surface area contributed by atoms with E-state index in [4.69, 9.17) is 5.11 Å². The van der Waals surface area contributed by atoms with Crippen LogP contribution >= 0.6 is 0 Å². The Morgan fingerprint density at radius 1 is 1.50 bits per heavy atom. The molecule has 0 aliphatic heterocycles. The molecule has 0 atom stereocenters. The molecule has 0 aromatic heterocycles. The summed E-state index contributed by atoms with van der Waals surface area (Å²) < 4.78 is 0.662. The normalized spacial score (nSPS) is 8.83. The average molecular weight is 357 g/mol. The number of nitrogens with zero attached hydrogens (tertiary/aromatic N) is 1. The van der Waals surface area contributed by atoms with Crippen molar-refractivity contribution in [1.29, 1.82) is 0 Å². The second-order valence-electron chi connectivity index (χ2n) is 2.04. The summed E-state index contributed by atoms with van der Waals surface area (Å²) in [6.45, 7) is 0. The fourth-order valence-corrected chi connectivity index (χ4v) is 2.52. The molecule has 3 N–H and O–H groups in total. The predicted octanol–water partition coefficient (Wildman–Crippen LogP) is -0.352. The van der Waals surface area contributed by atoms with Crippen LogP contribution in [-0.2, 0) is 26.1 Å². The van der Waals surface area contributed by atoms with Crippen molar-refractivity contribution in [1.82, 2.24) is 0 Å². The number of benzene rings is 1. The fourth-order valence-electron chi connectivity index (χ4n) is 0.789. The summed E-state index contributed by atoms with van der Waals surface area (Å²) in [6.07, 6.45) is 0. The van der Waals surface area contributed by atoms with E-state index in [1.807, 2.05) is 0 Å². The average Bonchev–Trinajstić information content (AvgIpc) is 1.85. The zero-order valence-electron chi connectivity index (χ0n) is 6.15. The molecule has 6 heteroatoms. The first kappa shape index (κ1) is 11.3. The van der Waals surface area contributed by atoms with Crippen LogP contribution in [0.15, 0.2) is 18.2 Å².